The molecular weight excluding hydrogens is 608 g/mol. The van der Waals surface area contributed by atoms with E-state index in [9.17, 15) is 24.9 Å². The lowest BCUT2D eigenvalue weighted by Gasteiger charge is -2.64. The fourth-order valence-corrected chi connectivity index (χ4v) is 11.1. The van der Waals surface area contributed by atoms with E-state index in [0.29, 0.717) is 12.0 Å². The number of hydrogen-bond donors (Lipinski definition) is 3. The Hall–Kier alpha value is -2.12. The molecule has 0 aromatic heterocycles. The van der Waals surface area contributed by atoms with Crippen molar-refractivity contribution >= 4 is 11.9 Å². The van der Waals surface area contributed by atoms with Crippen LogP contribution in [0.25, 0.3) is 0 Å². The normalized spacial score (nSPS) is 44.3. The number of carbonyl (C=O) groups excluding carboxylic acids is 2. The number of hydrogen-bond acceptors (Lipinski definition) is 11. The first-order valence-electron chi connectivity index (χ1n) is 16.9. The highest BCUT2D eigenvalue weighted by molar-refractivity contribution is 5.89. The zero-order valence-corrected chi connectivity index (χ0v) is 29.0. The Balaban J connectivity index is 1.88. The molecule has 11 nitrogen and oxygen atoms in total. The van der Waals surface area contributed by atoms with Gasteiger partial charge >= 0.3 is 11.9 Å². The van der Waals surface area contributed by atoms with E-state index in [1.54, 1.807) is 51.7 Å². The zero-order chi connectivity index (χ0) is 34.5. The standard InChI is InChI=1S/C36H54O11/c1-9-33(19-42-5)25(38)15-28(45-8)36(20(2)3)23-17-34(41)27(44-7)16-26(39)35(47-21(4)37,18-24(43-6)30(33)36)29(23)31(34)46-32(40)22-13-11-10-12-14-22/h10-14,20,23-31,38-39,41H,9,15-19H2,1-8H3/t23?,24-,25+,26-,27-,28-,29?,30?,31+,33-,34-,35+,36+/m0/s1. The van der Waals surface area contributed by atoms with Crippen molar-refractivity contribution in [3.63, 3.8) is 0 Å². The van der Waals surface area contributed by atoms with E-state index >= 15 is 0 Å². The smallest absolute Gasteiger partial charge is 0.338 e. The number of ether oxygens (including phenoxy) is 6. The summed E-state index contributed by atoms with van der Waals surface area (Å²) < 4.78 is 37.3. The van der Waals surface area contributed by atoms with Crippen LogP contribution in [0.5, 0.6) is 0 Å². The molecule has 0 heterocycles. The summed E-state index contributed by atoms with van der Waals surface area (Å²) in [6.07, 6.45) is -4.70. The second-order valence-corrected chi connectivity index (χ2v) is 14.7. The van der Waals surface area contributed by atoms with E-state index in [2.05, 4.69) is 13.8 Å². The molecule has 3 unspecified atom stereocenters. The van der Waals surface area contributed by atoms with Crippen molar-refractivity contribution in [1.29, 1.82) is 0 Å². The Morgan fingerprint density at radius 3 is 2.11 bits per heavy atom. The summed E-state index contributed by atoms with van der Waals surface area (Å²) in [6.45, 7) is 7.74. The maximum absolute atomic E-state index is 13.9. The highest BCUT2D eigenvalue weighted by atomic mass is 16.6. The van der Waals surface area contributed by atoms with Crippen LogP contribution in [-0.4, -0.2) is 110 Å². The van der Waals surface area contributed by atoms with Crippen LogP contribution in [0, 0.1) is 34.5 Å². The summed E-state index contributed by atoms with van der Waals surface area (Å²) in [4.78, 5) is 27.0. The molecule has 1 aromatic carbocycles. The van der Waals surface area contributed by atoms with Crippen molar-refractivity contribution in [2.45, 2.75) is 108 Å². The van der Waals surface area contributed by atoms with E-state index in [-0.39, 0.29) is 38.2 Å². The zero-order valence-electron chi connectivity index (χ0n) is 29.0. The van der Waals surface area contributed by atoms with Crippen molar-refractivity contribution in [1.82, 2.24) is 0 Å². The van der Waals surface area contributed by atoms with E-state index in [1.165, 1.54) is 14.0 Å². The van der Waals surface area contributed by atoms with Gasteiger partial charge in [-0.1, -0.05) is 39.0 Å². The first kappa shape index (κ1) is 36.2. The summed E-state index contributed by atoms with van der Waals surface area (Å²) in [5, 5.41) is 37.3. The maximum Gasteiger partial charge on any atom is 0.338 e. The number of carbonyl (C=O) groups is 2. The molecule has 11 heteroatoms. The largest absolute Gasteiger partial charge is 0.456 e. The molecule has 4 aliphatic rings. The van der Waals surface area contributed by atoms with E-state index in [4.69, 9.17) is 28.4 Å². The van der Waals surface area contributed by atoms with E-state index < -0.39 is 88.3 Å². The molecule has 0 radical (unpaired) electrons. The quantitative estimate of drug-likeness (QED) is 0.317. The van der Waals surface area contributed by atoms with Gasteiger partial charge in [-0.05, 0) is 36.8 Å². The average Bonchev–Trinajstić information content (AvgIpc) is 3.25. The fourth-order valence-electron chi connectivity index (χ4n) is 11.1. The van der Waals surface area contributed by atoms with Crippen LogP contribution in [0.3, 0.4) is 0 Å². The second kappa shape index (κ2) is 13.3. The van der Waals surface area contributed by atoms with Crippen molar-refractivity contribution in [3.8, 4) is 0 Å². The number of aliphatic hydroxyl groups excluding tert-OH is 2. The third-order valence-electron chi connectivity index (χ3n) is 12.8. The molecule has 4 aliphatic carbocycles. The number of fused-ring (bicyclic) bond motifs is 3. The average molecular weight is 663 g/mol. The van der Waals surface area contributed by atoms with E-state index in [1.807, 2.05) is 6.92 Å². The molecule has 4 saturated carbocycles. The highest BCUT2D eigenvalue weighted by Crippen LogP contribution is 2.72. The molecule has 0 aliphatic heterocycles. The Bertz CT molecular complexity index is 1270. The molecule has 0 amide bonds. The monoisotopic (exact) mass is 662 g/mol. The lowest BCUT2D eigenvalue weighted by Crippen LogP contribution is -2.68. The molecule has 4 fully saturated rings. The lowest BCUT2D eigenvalue weighted by atomic mass is 9.43. The van der Waals surface area contributed by atoms with Gasteiger partial charge in [0.2, 0.25) is 0 Å². The van der Waals surface area contributed by atoms with Gasteiger partial charge in [0.05, 0.1) is 42.7 Å². The van der Waals surface area contributed by atoms with Gasteiger partial charge in [-0.15, -0.1) is 0 Å². The van der Waals surface area contributed by atoms with Crippen LogP contribution in [0.15, 0.2) is 30.3 Å². The summed E-state index contributed by atoms with van der Waals surface area (Å²) in [7, 11) is 6.30. The maximum atomic E-state index is 13.9. The minimum absolute atomic E-state index is 0.0189. The Labute approximate surface area is 278 Å². The van der Waals surface area contributed by atoms with Gasteiger partial charge in [-0.2, -0.15) is 0 Å². The molecule has 47 heavy (non-hydrogen) atoms. The van der Waals surface area contributed by atoms with Crippen LogP contribution in [-0.2, 0) is 33.2 Å². The topological polar surface area (TPSA) is 150 Å². The predicted molar refractivity (Wildman–Crippen MR) is 170 cm³/mol. The van der Waals surface area contributed by atoms with Gasteiger partial charge in [0, 0.05) is 77.3 Å². The first-order chi connectivity index (χ1) is 22.3. The number of esters is 2. The molecule has 1 aromatic rings. The van der Waals surface area contributed by atoms with Crippen molar-refractivity contribution < 1.29 is 53.3 Å². The van der Waals surface area contributed by atoms with Crippen molar-refractivity contribution in [2.75, 3.05) is 35.0 Å². The molecule has 264 valence electrons. The molecule has 13 atom stereocenters. The lowest BCUT2D eigenvalue weighted by molar-refractivity contribution is -0.263. The molecule has 0 spiro atoms. The van der Waals surface area contributed by atoms with Gasteiger partial charge in [-0.3, -0.25) is 4.79 Å². The molecular formula is C36H54O11. The highest BCUT2D eigenvalue weighted by Gasteiger charge is 2.80. The van der Waals surface area contributed by atoms with Crippen LogP contribution in [0.2, 0.25) is 0 Å². The van der Waals surface area contributed by atoms with Crippen LogP contribution in [0.4, 0.5) is 0 Å². The third-order valence-corrected chi connectivity index (χ3v) is 12.8. The predicted octanol–water partition coefficient (Wildman–Crippen LogP) is 3.16. The van der Waals surface area contributed by atoms with Gasteiger partial charge < -0.3 is 43.7 Å². The van der Waals surface area contributed by atoms with Gasteiger partial charge in [0.1, 0.15) is 17.3 Å². The minimum Gasteiger partial charge on any atom is -0.456 e. The molecule has 0 saturated heterocycles. The molecule has 5 rings (SSSR count). The van der Waals surface area contributed by atoms with Crippen molar-refractivity contribution in [2.24, 2.45) is 34.5 Å². The number of benzene rings is 1. The SMILES string of the molecule is CC[C@@]1(COC)C2[C@@H](OC)C[C@]3(OC(C)=O)C4C(C[C@](O)([C@@H](OC)C[C@@H]3O)[C@@H]4OC(=O)c3ccccc3)[C@]2(C(C)C)[C@@H](OC)C[C@H]1O. The Morgan fingerprint density at radius 1 is 0.936 bits per heavy atom. The summed E-state index contributed by atoms with van der Waals surface area (Å²) in [6, 6.07) is 8.53. The Morgan fingerprint density at radius 2 is 1.57 bits per heavy atom. The fraction of sp³-hybridized carbons (Fsp3) is 0.778. The van der Waals surface area contributed by atoms with Crippen LogP contribution < -0.4 is 0 Å². The summed E-state index contributed by atoms with van der Waals surface area (Å²) in [5.41, 5.74) is -4.82. The number of methoxy groups -OCH3 is 4. The second-order valence-electron chi connectivity index (χ2n) is 14.7. The summed E-state index contributed by atoms with van der Waals surface area (Å²) >= 11 is 0. The van der Waals surface area contributed by atoms with Gasteiger partial charge in [0.25, 0.3) is 0 Å². The van der Waals surface area contributed by atoms with Crippen molar-refractivity contribution in [3.05, 3.63) is 35.9 Å². The van der Waals surface area contributed by atoms with Gasteiger partial charge in [-0.25, -0.2) is 4.79 Å². The Kier molecular flexibility index (Phi) is 10.2. The van der Waals surface area contributed by atoms with Crippen LogP contribution >= 0.6 is 0 Å². The molecule has 2 bridgehead atoms. The van der Waals surface area contributed by atoms with E-state index in [0.717, 1.165) is 0 Å². The third kappa shape index (κ3) is 5.18. The minimum atomic E-state index is -1.77. The summed E-state index contributed by atoms with van der Waals surface area (Å²) in [5.74, 6) is -3.32. The number of aliphatic hydroxyl groups is 3. The number of rotatable bonds is 10. The molecule has 3 N–H and O–H groups in total. The van der Waals surface area contributed by atoms with Crippen LogP contribution in [0.1, 0.15) is 70.2 Å². The first-order valence-corrected chi connectivity index (χ1v) is 16.9. The van der Waals surface area contributed by atoms with Gasteiger partial charge in [0.15, 0.2) is 0 Å².